The number of hydrogen-bond acceptors (Lipinski definition) is 3. The Hall–Kier alpha value is -1.53. The minimum Gasteiger partial charge on any atom is -0.493 e. The van der Waals surface area contributed by atoms with Gasteiger partial charge in [-0.25, -0.2) is 0 Å². The summed E-state index contributed by atoms with van der Waals surface area (Å²) in [4.78, 5) is 0. The SMILES string of the molecule is CNC(C)c1ccccc1OCC1(CC#N)CC1. The zero-order valence-corrected chi connectivity index (χ0v) is 11.1. The van der Waals surface area contributed by atoms with Gasteiger partial charge in [0.15, 0.2) is 0 Å². The lowest BCUT2D eigenvalue weighted by Gasteiger charge is -2.18. The fourth-order valence-corrected chi connectivity index (χ4v) is 2.07. The number of nitrogens with zero attached hydrogens (tertiary/aromatic N) is 1. The molecule has 1 fully saturated rings. The van der Waals surface area contributed by atoms with Crippen LogP contribution < -0.4 is 10.1 Å². The van der Waals surface area contributed by atoms with Gasteiger partial charge in [-0.2, -0.15) is 5.26 Å². The first-order valence-corrected chi connectivity index (χ1v) is 6.47. The third-order valence-electron chi connectivity index (χ3n) is 3.76. The van der Waals surface area contributed by atoms with E-state index in [9.17, 15) is 0 Å². The maximum Gasteiger partial charge on any atom is 0.124 e. The molecule has 0 heterocycles. The normalized spacial score (nSPS) is 17.8. The van der Waals surface area contributed by atoms with Crippen molar-refractivity contribution in [2.45, 2.75) is 32.2 Å². The van der Waals surface area contributed by atoms with E-state index >= 15 is 0 Å². The minimum atomic E-state index is 0.130. The molecule has 0 aromatic heterocycles. The first-order valence-electron chi connectivity index (χ1n) is 6.47. The molecule has 3 nitrogen and oxygen atoms in total. The Morgan fingerprint density at radius 3 is 2.78 bits per heavy atom. The average Bonchev–Trinajstić information content (AvgIpc) is 3.16. The van der Waals surface area contributed by atoms with Gasteiger partial charge in [0.2, 0.25) is 0 Å². The van der Waals surface area contributed by atoms with E-state index in [0.717, 1.165) is 18.6 Å². The van der Waals surface area contributed by atoms with E-state index < -0.39 is 0 Å². The number of para-hydroxylation sites is 1. The highest BCUT2D eigenvalue weighted by Gasteiger charge is 2.43. The van der Waals surface area contributed by atoms with Crippen LogP contribution in [-0.4, -0.2) is 13.7 Å². The number of hydrogen-bond donors (Lipinski definition) is 1. The largest absolute Gasteiger partial charge is 0.493 e. The topological polar surface area (TPSA) is 45.0 Å². The standard InChI is InChI=1S/C15H20N2O/c1-12(17-2)13-5-3-4-6-14(13)18-11-15(7-8-15)9-10-16/h3-6,12,17H,7-9,11H2,1-2H3. The van der Waals surface area contributed by atoms with Crippen LogP contribution in [0.1, 0.15) is 37.8 Å². The molecule has 3 heteroatoms. The zero-order valence-electron chi connectivity index (χ0n) is 11.1. The Balaban J connectivity index is 2.03. The van der Waals surface area contributed by atoms with Gasteiger partial charge >= 0.3 is 0 Å². The van der Waals surface area contributed by atoms with Crippen molar-refractivity contribution in [3.05, 3.63) is 29.8 Å². The fraction of sp³-hybridized carbons (Fsp3) is 0.533. The van der Waals surface area contributed by atoms with Crippen molar-refractivity contribution in [3.63, 3.8) is 0 Å². The molecule has 1 aromatic carbocycles. The lowest BCUT2D eigenvalue weighted by atomic mass is 10.0. The van der Waals surface area contributed by atoms with Gasteiger partial charge < -0.3 is 10.1 Å². The summed E-state index contributed by atoms with van der Waals surface area (Å²) in [5.74, 6) is 0.934. The van der Waals surface area contributed by atoms with E-state index in [1.54, 1.807) is 0 Å². The van der Waals surface area contributed by atoms with Crippen molar-refractivity contribution in [3.8, 4) is 11.8 Å². The van der Waals surface area contributed by atoms with Crippen molar-refractivity contribution < 1.29 is 4.74 Å². The summed E-state index contributed by atoms with van der Waals surface area (Å²) >= 11 is 0. The summed E-state index contributed by atoms with van der Waals surface area (Å²) < 4.78 is 5.95. The molecule has 1 N–H and O–H groups in total. The summed E-state index contributed by atoms with van der Waals surface area (Å²) in [6.07, 6.45) is 2.84. The van der Waals surface area contributed by atoms with E-state index in [0.29, 0.717) is 13.0 Å². The number of ether oxygens (including phenoxy) is 1. The van der Waals surface area contributed by atoms with E-state index in [4.69, 9.17) is 10.00 Å². The van der Waals surface area contributed by atoms with Gasteiger partial charge in [-0.3, -0.25) is 0 Å². The molecule has 2 rings (SSSR count). The molecule has 1 aliphatic rings. The van der Waals surface area contributed by atoms with Crippen molar-refractivity contribution in [1.29, 1.82) is 5.26 Å². The molecular formula is C15H20N2O. The van der Waals surface area contributed by atoms with Gasteiger partial charge in [0.1, 0.15) is 5.75 Å². The summed E-state index contributed by atoms with van der Waals surface area (Å²) in [5, 5.41) is 12.0. The maximum absolute atomic E-state index is 8.80. The summed E-state index contributed by atoms with van der Waals surface area (Å²) in [7, 11) is 1.94. The summed E-state index contributed by atoms with van der Waals surface area (Å²) in [5.41, 5.74) is 1.30. The molecule has 1 aliphatic carbocycles. The van der Waals surface area contributed by atoms with Gasteiger partial charge in [0, 0.05) is 23.4 Å². The number of nitriles is 1. The quantitative estimate of drug-likeness (QED) is 0.836. The first kappa shape index (κ1) is 12.9. The van der Waals surface area contributed by atoms with Crippen LogP contribution in [-0.2, 0) is 0 Å². The van der Waals surface area contributed by atoms with Crippen molar-refractivity contribution in [1.82, 2.24) is 5.32 Å². The Kier molecular flexibility index (Phi) is 3.88. The predicted molar refractivity (Wildman–Crippen MR) is 71.3 cm³/mol. The van der Waals surface area contributed by atoms with E-state index in [-0.39, 0.29) is 11.5 Å². The molecule has 96 valence electrons. The summed E-state index contributed by atoms with van der Waals surface area (Å²) in [6, 6.07) is 10.6. The van der Waals surface area contributed by atoms with Crippen LogP contribution >= 0.6 is 0 Å². The molecular weight excluding hydrogens is 224 g/mol. The molecule has 0 bridgehead atoms. The first-order chi connectivity index (χ1) is 8.71. The average molecular weight is 244 g/mol. The monoisotopic (exact) mass is 244 g/mol. The lowest BCUT2D eigenvalue weighted by molar-refractivity contribution is 0.233. The molecule has 0 amide bonds. The Labute approximate surface area is 109 Å². The Morgan fingerprint density at radius 1 is 1.44 bits per heavy atom. The van der Waals surface area contributed by atoms with Gasteiger partial charge in [-0.1, -0.05) is 18.2 Å². The second-order valence-electron chi connectivity index (χ2n) is 5.17. The molecule has 0 radical (unpaired) electrons. The smallest absolute Gasteiger partial charge is 0.124 e. The molecule has 0 spiro atoms. The molecule has 0 aliphatic heterocycles. The van der Waals surface area contributed by atoms with Gasteiger partial charge in [0.25, 0.3) is 0 Å². The highest BCUT2D eigenvalue weighted by Crippen LogP contribution is 2.48. The highest BCUT2D eigenvalue weighted by molar-refractivity contribution is 5.35. The van der Waals surface area contributed by atoms with Crippen LogP contribution in [0.4, 0.5) is 0 Å². The van der Waals surface area contributed by atoms with Crippen molar-refractivity contribution in [2.75, 3.05) is 13.7 Å². The number of nitrogens with one attached hydrogen (secondary N) is 1. The molecule has 1 saturated carbocycles. The van der Waals surface area contributed by atoms with Gasteiger partial charge in [0.05, 0.1) is 12.7 Å². The zero-order chi connectivity index (χ0) is 13.0. The molecule has 1 atom stereocenters. The molecule has 0 saturated heterocycles. The maximum atomic E-state index is 8.80. The van der Waals surface area contributed by atoms with Crippen LogP contribution in [0.15, 0.2) is 24.3 Å². The minimum absolute atomic E-state index is 0.130. The fourth-order valence-electron chi connectivity index (χ4n) is 2.07. The van der Waals surface area contributed by atoms with Crippen molar-refractivity contribution >= 4 is 0 Å². The summed E-state index contributed by atoms with van der Waals surface area (Å²) in [6.45, 7) is 2.78. The predicted octanol–water partition coefficient (Wildman–Crippen LogP) is 3.04. The van der Waals surface area contributed by atoms with E-state index in [2.05, 4.69) is 24.4 Å². The van der Waals surface area contributed by atoms with Crippen LogP contribution in [0.2, 0.25) is 0 Å². The second-order valence-corrected chi connectivity index (χ2v) is 5.17. The van der Waals surface area contributed by atoms with E-state index in [1.165, 1.54) is 5.56 Å². The second kappa shape index (κ2) is 5.41. The molecule has 18 heavy (non-hydrogen) atoms. The van der Waals surface area contributed by atoms with Gasteiger partial charge in [-0.15, -0.1) is 0 Å². The molecule has 1 unspecified atom stereocenters. The highest BCUT2D eigenvalue weighted by atomic mass is 16.5. The Bertz CT molecular complexity index is 446. The Morgan fingerprint density at radius 2 is 2.17 bits per heavy atom. The van der Waals surface area contributed by atoms with Crippen LogP contribution in [0.5, 0.6) is 5.75 Å². The van der Waals surface area contributed by atoms with Crippen molar-refractivity contribution in [2.24, 2.45) is 5.41 Å². The van der Waals surface area contributed by atoms with Crippen LogP contribution in [0, 0.1) is 16.7 Å². The van der Waals surface area contributed by atoms with Crippen LogP contribution in [0.3, 0.4) is 0 Å². The number of benzene rings is 1. The van der Waals surface area contributed by atoms with Crippen LogP contribution in [0.25, 0.3) is 0 Å². The van der Waals surface area contributed by atoms with Gasteiger partial charge in [-0.05, 0) is 32.9 Å². The third-order valence-corrected chi connectivity index (χ3v) is 3.76. The lowest BCUT2D eigenvalue weighted by Crippen LogP contribution is -2.16. The third kappa shape index (κ3) is 2.83. The number of rotatable bonds is 6. The molecule has 1 aromatic rings. The van der Waals surface area contributed by atoms with E-state index in [1.807, 2.05) is 25.2 Å².